The van der Waals surface area contributed by atoms with E-state index >= 15 is 0 Å². The first-order chi connectivity index (χ1) is 9.75. The number of anilines is 1. The first-order valence-corrected chi connectivity index (χ1v) is 7.87. The topological polar surface area (TPSA) is 39.6 Å². The number of aromatic nitrogens is 1. The fourth-order valence-electron chi connectivity index (χ4n) is 3.57. The van der Waals surface area contributed by atoms with E-state index in [0.29, 0.717) is 0 Å². The highest BCUT2D eigenvalue weighted by molar-refractivity contribution is 5.48. The summed E-state index contributed by atoms with van der Waals surface area (Å²) in [5.41, 5.74) is 0.946. The Hall–Kier alpha value is -1.13. The van der Waals surface area contributed by atoms with Gasteiger partial charge < -0.3 is 10.0 Å². The average Bonchev–Trinajstić information content (AvgIpc) is 3.02. The molecule has 1 N–H and O–H groups in total. The van der Waals surface area contributed by atoms with E-state index in [1.54, 1.807) is 0 Å². The average molecular weight is 275 g/mol. The van der Waals surface area contributed by atoms with Crippen LogP contribution in [0.4, 0.5) is 5.82 Å². The summed E-state index contributed by atoms with van der Waals surface area (Å²) in [6.07, 6.45) is 6.93. The van der Waals surface area contributed by atoms with Crippen LogP contribution < -0.4 is 4.90 Å². The smallest absolute Gasteiger partial charge is 0.134 e. The molecule has 0 radical (unpaired) electrons. The van der Waals surface area contributed by atoms with Crippen LogP contribution in [-0.2, 0) is 0 Å². The summed E-state index contributed by atoms with van der Waals surface area (Å²) in [6, 6.07) is 4.70. The van der Waals surface area contributed by atoms with Crippen LogP contribution in [-0.4, -0.2) is 47.2 Å². The minimum absolute atomic E-state index is 0.452. The molecule has 1 saturated heterocycles. The lowest BCUT2D eigenvalue weighted by molar-refractivity contribution is 0.184. The van der Waals surface area contributed by atoms with Gasteiger partial charge in [0.15, 0.2) is 0 Å². The molecule has 2 fully saturated rings. The molecule has 4 nitrogen and oxygen atoms in total. The van der Waals surface area contributed by atoms with Gasteiger partial charge in [0.2, 0.25) is 0 Å². The molecule has 110 valence electrons. The molecule has 0 aromatic carbocycles. The fourth-order valence-corrected chi connectivity index (χ4v) is 3.57. The molecular weight excluding hydrogens is 250 g/mol. The van der Waals surface area contributed by atoms with Crippen molar-refractivity contribution in [2.75, 3.05) is 31.1 Å². The second kappa shape index (κ2) is 6.10. The minimum Gasteiger partial charge on any atom is -0.389 e. The Morgan fingerprint density at radius 3 is 2.55 bits per heavy atom. The van der Waals surface area contributed by atoms with Gasteiger partial charge in [0.1, 0.15) is 5.82 Å². The van der Waals surface area contributed by atoms with Gasteiger partial charge in [0.05, 0.1) is 6.10 Å². The van der Waals surface area contributed by atoms with Crippen molar-refractivity contribution in [2.24, 2.45) is 0 Å². The highest BCUT2D eigenvalue weighted by Crippen LogP contribution is 2.27. The number of hydrogen-bond acceptors (Lipinski definition) is 4. The van der Waals surface area contributed by atoms with Gasteiger partial charge in [-0.2, -0.15) is 0 Å². The van der Waals surface area contributed by atoms with Crippen molar-refractivity contribution in [3.8, 4) is 0 Å². The maximum Gasteiger partial charge on any atom is 0.134 e. The minimum atomic E-state index is -0.452. The highest BCUT2D eigenvalue weighted by Gasteiger charge is 2.27. The van der Waals surface area contributed by atoms with Gasteiger partial charge in [-0.1, -0.05) is 18.9 Å². The summed E-state index contributed by atoms with van der Waals surface area (Å²) in [7, 11) is 0. The molecule has 0 amide bonds. The maximum atomic E-state index is 9.88. The number of piperazine rings is 1. The molecule has 1 aromatic rings. The quantitative estimate of drug-likeness (QED) is 0.918. The molecule has 20 heavy (non-hydrogen) atoms. The Labute approximate surface area is 121 Å². The number of pyridine rings is 1. The highest BCUT2D eigenvalue weighted by atomic mass is 16.3. The van der Waals surface area contributed by atoms with E-state index in [2.05, 4.69) is 14.8 Å². The predicted molar refractivity (Wildman–Crippen MR) is 80.9 cm³/mol. The molecule has 2 aliphatic rings. The molecule has 0 spiro atoms. The summed E-state index contributed by atoms with van der Waals surface area (Å²) >= 11 is 0. The van der Waals surface area contributed by atoms with Gasteiger partial charge in [-0.15, -0.1) is 0 Å². The molecule has 1 aromatic heterocycles. The van der Waals surface area contributed by atoms with Gasteiger partial charge in [-0.05, 0) is 25.8 Å². The predicted octanol–water partition coefficient (Wildman–Crippen LogP) is 2.20. The van der Waals surface area contributed by atoms with Gasteiger partial charge in [0, 0.05) is 44.0 Å². The Morgan fingerprint density at radius 2 is 1.90 bits per heavy atom. The summed E-state index contributed by atoms with van der Waals surface area (Å²) < 4.78 is 0. The van der Waals surface area contributed by atoms with Crippen molar-refractivity contribution in [1.29, 1.82) is 0 Å². The van der Waals surface area contributed by atoms with Gasteiger partial charge in [0.25, 0.3) is 0 Å². The summed E-state index contributed by atoms with van der Waals surface area (Å²) in [4.78, 5) is 9.47. The summed E-state index contributed by atoms with van der Waals surface area (Å²) in [6.45, 7) is 6.11. The standard InChI is InChI=1S/C16H25N3O/c1-13(20)15-7-4-8-17-16(15)19-11-9-18(10-12-19)14-5-2-3-6-14/h4,7-8,13-14,20H,2-3,5-6,9-12H2,1H3/t13-/m1/s1. The summed E-state index contributed by atoms with van der Waals surface area (Å²) in [5.74, 6) is 0.966. The zero-order valence-electron chi connectivity index (χ0n) is 12.3. The second-order valence-electron chi connectivity index (χ2n) is 6.05. The normalized spacial score (nSPS) is 23.2. The van der Waals surface area contributed by atoms with Crippen LogP contribution in [0.15, 0.2) is 18.3 Å². The van der Waals surface area contributed by atoms with E-state index in [1.807, 2.05) is 25.3 Å². The van der Waals surface area contributed by atoms with E-state index in [-0.39, 0.29) is 0 Å². The van der Waals surface area contributed by atoms with E-state index in [9.17, 15) is 5.11 Å². The van der Waals surface area contributed by atoms with Gasteiger partial charge in [-0.25, -0.2) is 4.98 Å². The van der Waals surface area contributed by atoms with Crippen LogP contribution in [0.3, 0.4) is 0 Å². The molecule has 1 aliphatic heterocycles. The first-order valence-electron chi connectivity index (χ1n) is 7.87. The first kappa shape index (κ1) is 13.8. The van der Waals surface area contributed by atoms with E-state index in [1.165, 1.54) is 25.7 Å². The Kier molecular flexibility index (Phi) is 4.22. The lowest BCUT2D eigenvalue weighted by Gasteiger charge is -2.39. The zero-order valence-corrected chi connectivity index (χ0v) is 12.3. The van der Waals surface area contributed by atoms with Crippen LogP contribution in [0.2, 0.25) is 0 Å². The van der Waals surface area contributed by atoms with Crippen LogP contribution in [0.1, 0.15) is 44.3 Å². The van der Waals surface area contributed by atoms with Crippen molar-refractivity contribution < 1.29 is 5.11 Å². The molecule has 1 aliphatic carbocycles. The van der Waals surface area contributed by atoms with Crippen molar-refractivity contribution >= 4 is 5.82 Å². The van der Waals surface area contributed by atoms with E-state index in [0.717, 1.165) is 43.6 Å². The van der Waals surface area contributed by atoms with Crippen molar-refractivity contribution in [3.63, 3.8) is 0 Å². The third kappa shape index (κ3) is 2.81. The number of aliphatic hydroxyl groups excluding tert-OH is 1. The molecule has 3 rings (SSSR count). The molecule has 0 unspecified atom stereocenters. The summed E-state index contributed by atoms with van der Waals surface area (Å²) in [5, 5.41) is 9.88. The zero-order chi connectivity index (χ0) is 13.9. The molecule has 2 heterocycles. The van der Waals surface area contributed by atoms with Gasteiger partial charge in [-0.3, -0.25) is 4.90 Å². The van der Waals surface area contributed by atoms with Crippen molar-refractivity contribution in [1.82, 2.24) is 9.88 Å². The van der Waals surface area contributed by atoms with Crippen LogP contribution >= 0.6 is 0 Å². The Balaban J connectivity index is 1.66. The monoisotopic (exact) mass is 275 g/mol. The van der Waals surface area contributed by atoms with E-state index in [4.69, 9.17) is 0 Å². The van der Waals surface area contributed by atoms with Gasteiger partial charge >= 0.3 is 0 Å². The van der Waals surface area contributed by atoms with Crippen LogP contribution in [0, 0.1) is 0 Å². The van der Waals surface area contributed by atoms with Crippen LogP contribution in [0.25, 0.3) is 0 Å². The van der Waals surface area contributed by atoms with Crippen LogP contribution in [0.5, 0.6) is 0 Å². The van der Waals surface area contributed by atoms with E-state index < -0.39 is 6.10 Å². The lowest BCUT2D eigenvalue weighted by Crippen LogP contribution is -2.50. The molecule has 1 atom stereocenters. The third-order valence-corrected chi connectivity index (χ3v) is 4.72. The Morgan fingerprint density at radius 1 is 1.20 bits per heavy atom. The number of aliphatic hydroxyl groups is 1. The Bertz CT molecular complexity index is 435. The molecular formula is C16H25N3O. The van der Waals surface area contributed by atoms with Crippen molar-refractivity contribution in [3.05, 3.63) is 23.9 Å². The molecule has 4 heteroatoms. The molecule has 1 saturated carbocycles. The molecule has 0 bridgehead atoms. The maximum absolute atomic E-state index is 9.88. The number of nitrogens with zero attached hydrogens (tertiary/aromatic N) is 3. The SMILES string of the molecule is C[C@@H](O)c1cccnc1N1CCN(C2CCCC2)CC1. The number of rotatable bonds is 3. The fraction of sp³-hybridized carbons (Fsp3) is 0.688. The van der Waals surface area contributed by atoms with Crippen molar-refractivity contribution in [2.45, 2.75) is 44.8 Å². The second-order valence-corrected chi connectivity index (χ2v) is 6.05. The third-order valence-electron chi connectivity index (χ3n) is 4.72. The largest absolute Gasteiger partial charge is 0.389 e. The number of hydrogen-bond donors (Lipinski definition) is 1. The lowest BCUT2D eigenvalue weighted by atomic mass is 10.1.